The lowest BCUT2D eigenvalue weighted by atomic mass is 10.2. The fourth-order valence-electron chi connectivity index (χ4n) is 1.70. The summed E-state index contributed by atoms with van der Waals surface area (Å²) < 4.78 is 1.50. The molecular weight excluding hydrogens is 220 g/mol. The first-order valence-electron chi connectivity index (χ1n) is 5.02. The number of rotatable bonds is 2. The van der Waals surface area contributed by atoms with Gasteiger partial charge in [-0.1, -0.05) is 0 Å². The molecule has 0 spiro atoms. The first-order valence-corrected chi connectivity index (χ1v) is 5.02. The summed E-state index contributed by atoms with van der Waals surface area (Å²) in [5.41, 5.74) is 7.32. The number of aryl methyl sites for hydroxylation is 1. The van der Waals surface area contributed by atoms with E-state index in [0.29, 0.717) is 22.9 Å². The fraction of sp³-hybridized carbons (Fsp3) is 0.182. The molecule has 17 heavy (non-hydrogen) atoms. The van der Waals surface area contributed by atoms with Crippen LogP contribution in [0, 0.1) is 13.8 Å². The predicted octanol–water partition coefficient (Wildman–Crippen LogP) is 1.16. The maximum atomic E-state index is 11.0. The number of nitrogens with zero attached hydrogens (tertiary/aromatic N) is 3. The van der Waals surface area contributed by atoms with Crippen LogP contribution < -0.4 is 5.73 Å². The Morgan fingerprint density at radius 1 is 1.41 bits per heavy atom. The Kier molecular flexibility index (Phi) is 2.55. The van der Waals surface area contributed by atoms with E-state index in [1.54, 1.807) is 26.0 Å². The predicted molar refractivity (Wildman–Crippen MR) is 62.2 cm³/mol. The number of carboxylic acid groups (broad SMARTS) is 1. The highest BCUT2D eigenvalue weighted by Gasteiger charge is 2.18. The molecule has 0 saturated heterocycles. The number of pyridine rings is 1. The summed E-state index contributed by atoms with van der Waals surface area (Å²) in [7, 11) is 0. The van der Waals surface area contributed by atoms with Crippen LogP contribution in [0.15, 0.2) is 18.3 Å². The molecule has 0 unspecified atom stereocenters. The van der Waals surface area contributed by atoms with Crippen molar-refractivity contribution in [3.8, 4) is 5.82 Å². The maximum absolute atomic E-state index is 11.0. The van der Waals surface area contributed by atoms with Crippen LogP contribution in [0.2, 0.25) is 0 Å². The van der Waals surface area contributed by atoms with Gasteiger partial charge in [0.15, 0.2) is 5.82 Å². The van der Waals surface area contributed by atoms with E-state index in [1.807, 2.05) is 0 Å². The quantitative estimate of drug-likeness (QED) is 0.810. The molecule has 2 aromatic heterocycles. The molecule has 0 aromatic carbocycles. The third kappa shape index (κ3) is 1.84. The summed E-state index contributed by atoms with van der Waals surface area (Å²) in [6, 6.07) is 3.39. The van der Waals surface area contributed by atoms with Crippen molar-refractivity contribution >= 4 is 11.7 Å². The summed E-state index contributed by atoms with van der Waals surface area (Å²) in [5, 5.41) is 13.2. The van der Waals surface area contributed by atoms with E-state index in [2.05, 4.69) is 10.1 Å². The molecule has 0 bridgehead atoms. The summed E-state index contributed by atoms with van der Waals surface area (Å²) in [5.74, 6) is -0.436. The summed E-state index contributed by atoms with van der Waals surface area (Å²) in [4.78, 5) is 15.2. The molecule has 2 heterocycles. The molecular formula is C11H12N4O2. The second-order valence-electron chi connectivity index (χ2n) is 3.71. The van der Waals surface area contributed by atoms with Gasteiger partial charge in [-0.25, -0.2) is 14.5 Å². The number of anilines is 1. The van der Waals surface area contributed by atoms with E-state index < -0.39 is 5.97 Å². The largest absolute Gasteiger partial charge is 0.478 e. The van der Waals surface area contributed by atoms with Crippen LogP contribution in [0.3, 0.4) is 0 Å². The molecule has 0 saturated carbocycles. The van der Waals surface area contributed by atoms with Crippen molar-refractivity contribution in [1.29, 1.82) is 0 Å². The lowest BCUT2D eigenvalue weighted by Crippen LogP contribution is -2.04. The van der Waals surface area contributed by atoms with Gasteiger partial charge in [0.1, 0.15) is 5.56 Å². The zero-order valence-electron chi connectivity index (χ0n) is 9.51. The molecule has 0 aliphatic rings. The van der Waals surface area contributed by atoms with Crippen LogP contribution in [-0.4, -0.2) is 25.8 Å². The minimum absolute atomic E-state index is 0.212. The topological polar surface area (TPSA) is 94.0 Å². The van der Waals surface area contributed by atoms with Crippen molar-refractivity contribution in [3.63, 3.8) is 0 Å². The Labute approximate surface area is 97.7 Å². The third-order valence-electron chi connectivity index (χ3n) is 2.49. The molecule has 0 aliphatic carbocycles. The highest BCUT2D eigenvalue weighted by atomic mass is 16.4. The average molecular weight is 232 g/mol. The van der Waals surface area contributed by atoms with Crippen LogP contribution in [0.5, 0.6) is 0 Å². The Hall–Kier alpha value is -2.37. The standard InChI is InChI=1S/C11H12N4O2/c1-6-10(11(16)17)7(2)15(14-6)9-4-3-8(12)5-13-9/h3-5H,12H2,1-2H3,(H,16,17). The van der Waals surface area contributed by atoms with E-state index >= 15 is 0 Å². The number of aromatic nitrogens is 3. The Balaban J connectivity index is 2.57. The van der Waals surface area contributed by atoms with Crippen molar-refractivity contribution < 1.29 is 9.90 Å². The van der Waals surface area contributed by atoms with E-state index in [0.717, 1.165) is 0 Å². The minimum Gasteiger partial charge on any atom is -0.478 e. The van der Waals surface area contributed by atoms with Crippen LogP contribution in [0.4, 0.5) is 5.69 Å². The van der Waals surface area contributed by atoms with Gasteiger partial charge in [-0.2, -0.15) is 5.10 Å². The van der Waals surface area contributed by atoms with Gasteiger partial charge in [0.25, 0.3) is 0 Å². The van der Waals surface area contributed by atoms with Crippen LogP contribution in [0.1, 0.15) is 21.7 Å². The number of carbonyl (C=O) groups is 1. The van der Waals surface area contributed by atoms with Gasteiger partial charge in [0.05, 0.1) is 23.3 Å². The molecule has 0 aliphatic heterocycles. The van der Waals surface area contributed by atoms with E-state index in [1.165, 1.54) is 10.9 Å². The number of carboxylic acids is 1. The number of nitrogens with two attached hydrogens (primary N) is 1. The molecule has 0 atom stereocenters. The molecule has 2 aromatic rings. The van der Waals surface area contributed by atoms with E-state index in [9.17, 15) is 4.79 Å². The number of hydrogen-bond acceptors (Lipinski definition) is 4. The minimum atomic E-state index is -0.985. The molecule has 88 valence electrons. The molecule has 0 fully saturated rings. The molecule has 2 rings (SSSR count). The lowest BCUT2D eigenvalue weighted by molar-refractivity contribution is 0.0695. The van der Waals surface area contributed by atoms with Gasteiger partial charge in [0, 0.05) is 0 Å². The van der Waals surface area contributed by atoms with Crippen LogP contribution in [-0.2, 0) is 0 Å². The first-order chi connectivity index (χ1) is 8.00. The van der Waals surface area contributed by atoms with Gasteiger partial charge < -0.3 is 10.8 Å². The molecule has 0 radical (unpaired) electrons. The van der Waals surface area contributed by atoms with Gasteiger partial charge >= 0.3 is 5.97 Å². The van der Waals surface area contributed by atoms with Crippen molar-refractivity contribution in [2.45, 2.75) is 13.8 Å². The van der Waals surface area contributed by atoms with Crippen LogP contribution >= 0.6 is 0 Å². The van der Waals surface area contributed by atoms with Crippen molar-refractivity contribution in [1.82, 2.24) is 14.8 Å². The SMILES string of the molecule is Cc1nn(-c2ccc(N)cn2)c(C)c1C(=O)O. The first kappa shape index (κ1) is 11.1. The normalized spacial score (nSPS) is 10.5. The van der Waals surface area contributed by atoms with Gasteiger partial charge in [-0.15, -0.1) is 0 Å². The zero-order chi connectivity index (χ0) is 12.6. The van der Waals surface area contributed by atoms with Gasteiger partial charge in [-0.3, -0.25) is 0 Å². The second kappa shape index (κ2) is 3.89. The lowest BCUT2D eigenvalue weighted by Gasteiger charge is -2.03. The van der Waals surface area contributed by atoms with E-state index in [-0.39, 0.29) is 5.56 Å². The smallest absolute Gasteiger partial charge is 0.339 e. The Morgan fingerprint density at radius 2 is 2.12 bits per heavy atom. The highest BCUT2D eigenvalue weighted by molar-refractivity contribution is 5.90. The average Bonchev–Trinajstić information content (AvgIpc) is 2.55. The molecule has 3 N–H and O–H groups in total. The van der Waals surface area contributed by atoms with Crippen molar-refractivity contribution in [3.05, 3.63) is 35.3 Å². The molecule has 0 amide bonds. The Morgan fingerprint density at radius 3 is 2.59 bits per heavy atom. The van der Waals surface area contributed by atoms with E-state index in [4.69, 9.17) is 10.8 Å². The van der Waals surface area contributed by atoms with Gasteiger partial charge in [-0.05, 0) is 26.0 Å². The summed E-state index contributed by atoms with van der Waals surface area (Å²) in [6.45, 7) is 3.35. The Bertz CT molecular complexity index is 572. The monoisotopic (exact) mass is 232 g/mol. The number of nitrogen functional groups attached to an aromatic ring is 1. The highest BCUT2D eigenvalue weighted by Crippen LogP contribution is 2.16. The number of hydrogen-bond donors (Lipinski definition) is 2. The van der Waals surface area contributed by atoms with Crippen molar-refractivity contribution in [2.75, 3.05) is 5.73 Å². The van der Waals surface area contributed by atoms with Crippen molar-refractivity contribution in [2.24, 2.45) is 0 Å². The molecule has 6 nitrogen and oxygen atoms in total. The summed E-state index contributed by atoms with van der Waals surface area (Å²) >= 11 is 0. The second-order valence-corrected chi connectivity index (χ2v) is 3.71. The molecule has 6 heteroatoms. The number of aromatic carboxylic acids is 1. The maximum Gasteiger partial charge on any atom is 0.339 e. The third-order valence-corrected chi connectivity index (χ3v) is 2.49. The van der Waals surface area contributed by atoms with Crippen LogP contribution in [0.25, 0.3) is 5.82 Å². The fourth-order valence-corrected chi connectivity index (χ4v) is 1.70. The summed E-state index contributed by atoms with van der Waals surface area (Å²) in [6.07, 6.45) is 1.51. The zero-order valence-corrected chi connectivity index (χ0v) is 9.51. The van der Waals surface area contributed by atoms with Gasteiger partial charge in [0.2, 0.25) is 0 Å².